The zero-order valence-electron chi connectivity index (χ0n) is 9.08. The normalized spacial score (nSPS) is 10.4. The minimum absolute atomic E-state index is 0.246. The second-order valence-corrected chi connectivity index (χ2v) is 5.42. The summed E-state index contributed by atoms with van der Waals surface area (Å²) in [5.41, 5.74) is 6.88. The average molecular weight is 345 g/mol. The van der Waals surface area contributed by atoms with Crippen molar-refractivity contribution in [3.63, 3.8) is 0 Å². The van der Waals surface area contributed by atoms with E-state index in [0.29, 0.717) is 26.9 Å². The van der Waals surface area contributed by atoms with Gasteiger partial charge in [0.15, 0.2) is 5.78 Å². The van der Waals surface area contributed by atoms with Gasteiger partial charge in [-0.05, 0) is 36.4 Å². The topological polar surface area (TPSA) is 43.1 Å². The molecule has 0 bridgehead atoms. The van der Waals surface area contributed by atoms with Gasteiger partial charge in [-0.15, -0.1) is 0 Å². The van der Waals surface area contributed by atoms with Crippen LogP contribution in [0.1, 0.15) is 15.9 Å². The molecule has 0 atom stereocenters. The number of hydrogen-bond donors (Lipinski definition) is 1. The van der Waals surface area contributed by atoms with Gasteiger partial charge >= 0.3 is 0 Å². The number of benzene rings is 2. The zero-order valence-corrected chi connectivity index (χ0v) is 12.2. The molecular weight excluding hydrogens is 337 g/mol. The average Bonchev–Trinajstić information content (AvgIpc) is 2.31. The van der Waals surface area contributed by atoms with Gasteiger partial charge in [0.1, 0.15) is 0 Å². The summed E-state index contributed by atoms with van der Waals surface area (Å²) in [5, 5.41) is 0.723. The Morgan fingerprint density at radius 1 is 1.00 bits per heavy atom. The molecule has 2 aromatic carbocycles. The lowest BCUT2D eigenvalue weighted by Gasteiger charge is -2.07. The number of rotatable bonds is 2. The van der Waals surface area contributed by atoms with Crippen LogP contribution < -0.4 is 5.73 Å². The van der Waals surface area contributed by atoms with Gasteiger partial charge in [0.2, 0.25) is 0 Å². The van der Waals surface area contributed by atoms with Crippen molar-refractivity contribution in [2.24, 2.45) is 0 Å². The van der Waals surface area contributed by atoms with Crippen molar-refractivity contribution >= 4 is 50.6 Å². The molecule has 0 aliphatic heterocycles. The molecule has 0 saturated carbocycles. The van der Waals surface area contributed by atoms with Crippen molar-refractivity contribution in [1.82, 2.24) is 0 Å². The Bertz CT molecular complexity index is 628. The van der Waals surface area contributed by atoms with Crippen LogP contribution in [-0.2, 0) is 0 Å². The first-order valence-corrected chi connectivity index (χ1v) is 6.58. The Kier molecular flexibility index (Phi) is 3.95. The molecular formula is C13H8BrCl2NO. The van der Waals surface area contributed by atoms with Crippen molar-refractivity contribution in [2.45, 2.75) is 0 Å². The van der Waals surface area contributed by atoms with Crippen molar-refractivity contribution in [3.05, 3.63) is 62.0 Å². The monoisotopic (exact) mass is 343 g/mol. The fourth-order valence-corrected chi connectivity index (χ4v) is 2.50. The van der Waals surface area contributed by atoms with E-state index in [1.807, 2.05) is 0 Å². The minimum Gasteiger partial charge on any atom is -0.399 e. The summed E-state index contributed by atoms with van der Waals surface area (Å²) < 4.78 is 0.808. The summed E-state index contributed by atoms with van der Waals surface area (Å²) in [5.74, 6) is -0.246. The predicted octanol–water partition coefficient (Wildman–Crippen LogP) is 4.57. The van der Waals surface area contributed by atoms with Crippen LogP contribution in [0.5, 0.6) is 0 Å². The Morgan fingerprint density at radius 3 is 2.39 bits per heavy atom. The minimum atomic E-state index is -0.246. The fraction of sp³-hybridized carbons (Fsp3) is 0. The summed E-state index contributed by atoms with van der Waals surface area (Å²) >= 11 is 15.3. The Morgan fingerprint density at radius 2 is 1.72 bits per heavy atom. The third-order valence-corrected chi connectivity index (χ3v) is 3.55. The van der Waals surface area contributed by atoms with Crippen LogP contribution in [0.25, 0.3) is 0 Å². The van der Waals surface area contributed by atoms with Crippen molar-refractivity contribution in [1.29, 1.82) is 0 Å². The van der Waals surface area contributed by atoms with Crippen molar-refractivity contribution in [2.75, 3.05) is 5.73 Å². The molecule has 0 fully saturated rings. The van der Waals surface area contributed by atoms with E-state index in [0.717, 1.165) is 4.47 Å². The van der Waals surface area contributed by atoms with Gasteiger partial charge in [-0.25, -0.2) is 0 Å². The maximum absolute atomic E-state index is 12.3. The zero-order chi connectivity index (χ0) is 13.3. The number of nitrogens with two attached hydrogens (primary N) is 1. The summed E-state index contributed by atoms with van der Waals surface area (Å²) in [7, 11) is 0. The number of anilines is 1. The smallest absolute Gasteiger partial charge is 0.196 e. The molecule has 0 aliphatic carbocycles. The number of halogens is 3. The highest BCUT2D eigenvalue weighted by Crippen LogP contribution is 2.27. The molecule has 0 unspecified atom stereocenters. The quantitative estimate of drug-likeness (QED) is 0.640. The van der Waals surface area contributed by atoms with E-state index < -0.39 is 0 Å². The molecule has 0 amide bonds. The molecule has 18 heavy (non-hydrogen) atoms. The van der Waals surface area contributed by atoms with E-state index in [1.54, 1.807) is 36.4 Å². The molecule has 0 saturated heterocycles. The molecule has 0 spiro atoms. The van der Waals surface area contributed by atoms with E-state index in [-0.39, 0.29) is 5.78 Å². The molecule has 5 heteroatoms. The summed E-state index contributed by atoms with van der Waals surface area (Å²) in [6, 6.07) is 9.84. The summed E-state index contributed by atoms with van der Waals surface area (Å²) in [4.78, 5) is 12.3. The third-order valence-electron chi connectivity index (χ3n) is 2.41. The van der Waals surface area contributed by atoms with Gasteiger partial charge in [-0.2, -0.15) is 0 Å². The lowest BCUT2D eigenvalue weighted by Crippen LogP contribution is -2.04. The highest BCUT2D eigenvalue weighted by Gasteiger charge is 2.16. The SMILES string of the molecule is Nc1ccc(Cl)c(C(=O)c2ccc(Br)cc2Cl)c1. The molecule has 2 aromatic rings. The number of nitrogen functional groups attached to an aromatic ring is 1. The first-order chi connectivity index (χ1) is 8.49. The van der Waals surface area contributed by atoms with Crippen LogP contribution in [0.2, 0.25) is 10.0 Å². The lowest BCUT2D eigenvalue weighted by molar-refractivity contribution is 0.103. The molecule has 2 N–H and O–H groups in total. The standard InChI is InChI=1S/C13H8BrCl2NO/c14-7-1-3-9(12(16)5-7)13(18)10-6-8(17)2-4-11(10)15/h1-6H,17H2. The number of carbonyl (C=O) groups is 1. The van der Waals surface area contributed by atoms with Crippen LogP contribution in [0.3, 0.4) is 0 Å². The maximum atomic E-state index is 12.3. The largest absolute Gasteiger partial charge is 0.399 e. The molecule has 0 radical (unpaired) electrons. The van der Waals surface area contributed by atoms with Crippen molar-refractivity contribution in [3.8, 4) is 0 Å². The van der Waals surface area contributed by atoms with E-state index in [9.17, 15) is 4.79 Å². The highest BCUT2D eigenvalue weighted by molar-refractivity contribution is 9.10. The highest BCUT2D eigenvalue weighted by atomic mass is 79.9. The van der Waals surface area contributed by atoms with Gasteiger partial charge in [0.05, 0.1) is 10.0 Å². The molecule has 2 nitrogen and oxygen atoms in total. The Hall–Kier alpha value is -1.03. The number of hydrogen-bond acceptors (Lipinski definition) is 2. The van der Waals surface area contributed by atoms with Gasteiger partial charge < -0.3 is 5.73 Å². The van der Waals surface area contributed by atoms with E-state index in [1.165, 1.54) is 0 Å². The fourth-order valence-electron chi connectivity index (χ4n) is 1.54. The third kappa shape index (κ3) is 2.69. The Labute approximate surface area is 123 Å². The van der Waals surface area contributed by atoms with Gasteiger partial charge in [0.25, 0.3) is 0 Å². The van der Waals surface area contributed by atoms with E-state index >= 15 is 0 Å². The van der Waals surface area contributed by atoms with E-state index in [2.05, 4.69) is 15.9 Å². The molecule has 0 heterocycles. The van der Waals surface area contributed by atoms with Crippen LogP contribution in [-0.4, -0.2) is 5.78 Å². The second-order valence-electron chi connectivity index (χ2n) is 3.69. The number of carbonyl (C=O) groups excluding carboxylic acids is 1. The second kappa shape index (κ2) is 5.31. The molecule has 2 rings (SSSR count). The lowest BCUT2D eigenvalue weighted by atomic mass is 10.0. The molecule has 0 aliphatic rings. The first kappa shape index (κ1) is 13.4. The van der Waals surface area contributed by atoms with Gasteiger partial charge in [-0.1, -0.05) is 39.1 Å². The summed E-state index contributed by atoms with van der Waals surface area (Å²) in [6.45, 7) is 0. The first-order valence-electron chi connectivity index (χ1n) is 5.04. The Balaban J connectivity index is 2.51. The predicted molar refractivity (Wildman–Crippen MR) is 78.4 cm³/mol. The number of ketones is 1. The molecule has 92 valence electrons. The molecule has 0 aromatic heterocycles. The van der Waals surface area contributed by atoms with Crippen LogP contribution in [0, 0.1) is 0 Å². The van der Waals surface area contributed by atoms with Crippen LogP contribution in [0.4, 0.5) is 5.69 Å². The van der Waals surface area contributed by atoms with Gasteiger partial charge in [0, 0.05) is 21.3 Å². The summed E-state index contributed by atoms with van der Waals surface area (Å²) in [6.07, 6.45) is 0. The van der Waals surface area contributed by atoms with Gasteiger partial charge in [-0.3, -0.25) is 4.79 Å². The van der Waals surface area contributed by atoms with Crippen molar-refractivity contribution < 1.29 is 4.79 Å². The van der Waals surface area contributed by atoms with Crippen LogP contribution in [0.15, 0.2) is 40.9 Å². The van der Waals surface area contributed by atoms with E-state index in [4.69, 9.17) is 28.9 Å². The maximum Gasteiger partial charge on any atom is 0.196 e. The van der Waals surface area contributed by atoms with Crippen LogP contribution >= 0.6 is 39.1 Å².